The molecule has 20 heavy (non-hydrogen) atoms. The minimum absolute atomic E-state index is 0.107. The van der Waals surface area contributed by atoms with Crippen molar-refractivity contribution in [2.24, 2.45) is 0 Å². The third-order valence-corrected chi connectivity index (χ3v) is 3.66. The van der Waals surface area contributed by atoms with Crippen molar-refractivity contribution in [3.05, 3.63) is 58.3 Å². The Morgan fingerprint density at radius 3 is 2.60 bits per heavy atom. The summed E-state index contributed by atoms with van der Waals surface area (Å²) in [4.78, 5) is 2.04. The number of hydrogen-bond donors (Lipinski definition) is 1. The maximum absolute atomic E-state index is 13.9. The predicted octanol–water partition coefficient (Wildman–Crippen LogP) is 4.83. The van der Waals surface area contributed by atoms with Crippen molar-refractivity contribution >= 4 is 27.3 Å². The van der Waals surface area contributed by atoms with Gasteiger partial charge in [-0.3, -0.25) is 0 Å². The molecule has 106 valence electrons. The van der Waals surface area contributed by atoms with Gasteiger partial charge in [0.05, 0.1) is 6.04 Å². The highest BCUT2D eigenvalue weighted by molar-refractivity contribution is 9.10. The molecule has 0 amide bonds. The van der Waals surface area contributed by atoms with E-state index < -0.39 is 0 Å². The zero-order chi connectivity index (χ0) is 14.7. The number of halogens is 2. The van der Waals surface area contributed by atoms with Gasteiger partial charge >= 0.3 is 0 Å². The molecule has 0 aliphatic heterocycles. The molecular formula is C16H18BrFN2. The van der Waals surface area contributed by atoms with Crippen LogP contribution in [0.15, 0.2) is 46.9 Å². The molecular weight excluding hydrogens is 319 g/mol. The molecule has 2 aromatic rings. The van der Waals surface area contributed by atoms with Crippen LogP contribution in [0.25, 0.3) is 0 Å². The van der Waals surface area contributed by atoms with Crippen LogP contribution in [0.4, 0.5) is 15.8 Å². The SMILES string of the molecule is CC(Nc1cccc(N(C)C)c1)c1cc(Br)ccc1F. The van der Waals surface area contributed by atoms with Gasteiger partial charge in [0.1, 0.15) is 5.82 Å². The van der Waals surface area contributed by atoms with Crippen LogP contribution in [0.3, 0.4) is 0 Å². The van der Waals surface area contributed by atoms with Crippen molar-refractivity contribution in [2.45, 2.75) is 13.0 Å². The van der Waals surface area contributed by atoms with Gasteiger partial charge in [0.2, 0.25) is 0 Å². The lowest BCUT2D eigenvalue weighted by molar-refractivity contribution is 0.600. The Hall–Kier alpha value is -1.55. The molecule has 0 aliphatic rings. The normalized spacial score (nSPS) is 12.1. The Labute approximate surface area is 127 Å². The quantitative estimate of drug-likeness (QED) is 0.860. The van der Waals surface area contributed by atoms with Gasteiger partial charge in [0.15, 0.2) is 0 Å². The van der Waals surface area contributed by atoms with Crippen LogP contribution >= 0.6 is 15.9 Å². The second-order valence-corrected chi connectivity index (χ2v) is 5.89. The summed E-state index contributed by atoms with van der Waals surface area (Å²) in [6.07, 6.45) is 0. The largest absolute Gasteiger partial charge is 0.378 e. The molecule has 0 fully saturated rings. The van der Waals surface area contributed by atoms with Crippen molar-refractivity contribution in [3.63, 3.8) is 0 Å². The lowest BCUT2D eigenvalue weighted by atomic mass is 10.1. The van der Waals surface area contributed by atoms with Crippen LogP contribution < -0.4 is 10.2 Å². The van der Waals surface area contributed by atoms with E-state index in [2.05, 4.69) is 21.2 Å². The van der Waals surface area contributed by atoms with E-state index in [1.165, 1.54) is 6.07 Å². The molecule has 2 rings (SSSR count). The average Bonchev–Trinajstić information content (AvgIpc) is 2.41. The first-order valence-electron chi connectivity index (χ1n) is 6.46. The molecule has 1 unspecified atom stereocenters. The van der Waals surface area contributed by atoms with Gasteiger partial charge in [-0.15, -0.1) is 0 Å². The first-order chi connectivity index (χ1) is 9.47. The molecule has 1 atom stereocenters. The lowest BCUT2D eigenvalue weighted by Crippen LogP contribution is -2.11. The number of anilines is 2. The second-order valence-electron chi connectivity index (χ2n) is 4.98. The van der Waals surface area contributed by atoms with E-state index in [-0.39, 0.29) is 11.9 Å². The van der Waals surface area contributed by atoms with Gasteiger partial charge in [0, 0.05) is 35.5 Å². The fourth-order valence-electron chi connectivity index (χ4n) is 2.05. The molecule has 0 aliphatic carbocycles. The van der Waals surface area contributed by atoms with Crippen molar-refractivity contribution in [3.8, 4) is 0 Å². The Bertz CT molecular complexity index is 599. The molecule has 4 heteroatoms. The summed E-state index contributed by atoms with van der Waals surface area (Å²) in [5.74, 6) is -0.197. The van der Waals surface area contributed by atoms with E-state index in [1.54, 1.807) is 6.07 Å². The minimum Gasteiger partial charge on any atom is -0.378 e. The first-order valence-corrected chi connectivity index (χ1v) is 7.25. The summed E-state index contributed by atoms with van der Waals surface area (Å²) in [5, 5.41) is 3.33. The second kappa shape index (κ2) is 6.27. The maximum Gasteiger partial charge on any atom is 0.128 e. The summed E-state index contributed by atoms with van der Waals surface area (Å²) in [7, 11) is 3.99. The fraction of sp³-hybridized carbons (Fsp3) is 0.250. The van der Waals surface area contributed by atoms with Gasteiger partial charge in [-0.1, -0.05) is 22.0 Å². The number of hydrogen-bond acceptors (Lipinski definition) is 2. The monoisotopic (exact) mass is 336 g/mol. The number of nitrogens with zero attached hydrogens (tertiary/aromatic N) is 1. The molecule has 2 nitrogen and oxygen atoms in total. The van der Waals surface area contributed by atoms with Gasteiger partial charge in [-0.25, -0.2) is 4.39 Å². The summed E-state index contributed by atoms with van der Waals surface area (Å²) < 4.78 is 14.7. The Morgan fingerprint density at radius 2 is 1.90 bits per heavy atom. The van der Waals surface area contributed by atoms with Gasteiger partial charge < -0.3 is 10.2 Å². The summed E-state index contributed by atoms with van der Waals surface area (Å²) in [5.41, 5.74) is 2.73. The van der Waals surface area contributed by atoms with Gasteiger partial charge in [-0.05, 0) is 43.3 Å². The van der Waals surface area contributed by atoms with Crippen molar-refractivity contribution in [1.82, 2.24) is 0 Å². The molecule has 2 aromatic carbocycles. The molecule has 0 aromatic heterocycles. The van der Waals surface area contributed by atoms with Crippen LogP contribution in [0.5, 0.6) is 0 Å². The molecule has 0 saturated heterocycles. The zero-order valence-corrected chi connectivity index (χ0v) is 13.4. The smallest absolute Gasteiger partial charge is 0.128 e. The highest BCUT2D eigenvalue weighted by Crippen LogP contribution is 2.26. The fourth-order valence-corrected chi connectivity index (χ4v) is 2.43. The van der Waals surface area contributed by atoms with Crippen molar-refractivity contribution in [2.75, 3.05) is 24.3 Å². The topological polar surface area (TPSA) is 15.3 Å². The van der Waals surface area contributed by atoms with Crippen LogP contribution in [-0.2, 0) is 0 Å². The van der Waals surface area contributed by atoms with Crippen molar-refractivity contribution < 1.29 is 4.39 Å². The lowest BCUT2D eigenvalue weighted by Gasteiger charge is -2.19. The standard InChI is InChI=1S/C16H18BrFN2/c1-11(15-9-12(17)7-8-16(15)18)19-13-5-4-6-14(10-13)20(2)3/h4-11,19H,1-3H3. The van der Waals surface area contributed by atoms with E-state index in [0.717, 1.165) is 15.8 Å². The molecule has 0 saturated carbocycles. The Kier molecular flexibility index (Phi) is 4.65. The zero-order valence-electron chi connectivity index (χ0n) is 11.8. The highest BCUT2D eigenvalue weighted by Gasteiger charge is 2.11. The van der Waals surface area contributed by atoms with Crippen LogP contribution in [-0.4, -0.2) is 14.1 Å². The van der Waals surface area contributed by atoms with Gasteiger partial charge in [-0.2, -0.15) is 0 Å². The third kappa shape index (κ3) is 3.51. The van der Waals surface area contributed by atoms with Gasteiger partial charge in [0.25, 0.3) is 0 Å². The van der Waals surface area contributed by atoms with E-state index in [4.69, 9.17) is 0 Å². The van der Waals surface area contributed by atoms with E-state index in [0.29, 0.717) is 5.56 Å². The molecule has 0 bridgehead atoms. The molecule has 0 radical (unpaired) electrons. The highest BCUT2D eigenvalue weighted by atomic mass is 79.9. The minimum atomic E-state index is -0.197. The van der Waals surface area contributed by atoms with Crippen LogP contribution in [0.2, 0.25) is 0 Å². The summed E-state index contributed by atoms with van der Waals surface area (Å²) in [6.45, 7) is 1.95. The van der Waals surface area contributed by atoms with Crippen LogP contribution in [0, 0.1) is 5.82 Å². The maximum atomic E-state index is 13.9. The van der Waals surface area contributed by atoms with E-state index >= 15 is 0 Å². The third-order valence-electron chi connectivity index (χ3n) is 3.17. The average molecular weight is 337 g/mol. The number of nitrogens with one attached hydrogen (secondary N) is 1. The van der Waals surface area contributed by atoms with Crippen LogP contribution in [0.1, 0.15) is 18.5 Å². The molecule has 1 N–H and O–H groups in total. The summed E-state index contributed by atoms with van der Waals surface area (Å²) in [6, 6.07) is 12.9. The van der Waals surface area contributed by atoms with E-state index in [1.807, 2.05) is 56.3 Å². The van der Waals surface area contributed by atoms with Crippen molar-refractivity contribution in [1.29, 1.82) is 0 Å². The Morgan fingerprint density at radius 1 is 1.15 bits per heavy atom. The first kappa shape index (κ1) is 14.9. The molecule has 0 spiro atoms. The molecule has 0 heterocycles. The number of benzene rings is 2. The number of rotatable bonds is 4. The predicted molar refractivity (Wildman–Crippen MR) is 86.9 cm³/mol. The summed E-state index contributed by atoms with van der Waals surface area (Å²) >= 11 is 3.38. The Balaban J connectivity index is 2.21. The van der Waals surface area contributed by atoms with E-state index in [9.17, 15) is 4.39 Å².